The van der Waals surface area contributed by atoms with Gasteiger partial charge >= 0.3 is 6.18 Å². The molecule has 0 bridgehead atoms. The maximum atomic E-state index is 14.2. The van der Waals surface area contributed by atoms with Crippen molar-refractivity contribution in [2.75, 3.05) is 26.2 Å². The van der Waals surface area contributed by atoms with Crippen molar-refractivity contribution in [3.63, 3.8) is 0 Å². The zero-order valence-corrected chi connectivity index (χ0v) is 14.9. The summed E-state index contributed by atoms with van der Waals surface area (Å²) in [4.78, 5) is 1.67. The second-order valence-corrected chi connectivity index (χ2v) is 5.62. The molecular formula is C14H18Cl3F5N2. The average Bonchev–Trinajstić information content (AvgIpc) is 2.46. The average molecular weight is 416 g/mol. The van der Waals surface area contributed by atoms with Crippen LogP contribution in [0.5, 0.6) is 0 Å². The van der Waals surface area contributed by atoms with Crippen LogP contribution in [0.3, 0.4) is 0 Å². The van der Waals surface area contributed by atoms with Crippen LogP contribution in [0.2, 0.25) is 5.02 Å². The van der Waals surface area contributed by atoms with Gasteiger partial charge < -0.3 is 5.32 Å². The minimum absolute atomic E-state index is 0. The van der Waals surface area contributed by atoms with Crippen molar-refractivity contribution in [2.24, 2.45) is 0 Å². The van der Waals surface area contributed by atoms with E-state index in [1.807, 2.05) is 0 Å². The number of nitrogens with one attached hydrogen (secondary N) is 1. The zero-order chi connectivity index (χ0) is 16.3. The molecule has 140 valence electrons. The monoisotopic (exact) mass is 414 g/mol. The second kappa shape index (κ2) is 9.97. The molecule has 0 aliphatic carbocycles. The fourth-order valence-corrected chi connectivity index (χ4v) is 2.82. The largest absolute Gasteiger partial charge is 0.389 e. The van der Waals surface area contributed by atoms with Crippen molar-refractivity contribution in [2.45, 2.75) is 25.1 Å². The molecule has 1 aliphatic rings. The molecule has 10 heteroatoms. The summed E-state index contributed by atoms with van der Waals surface area (Å²) in [6, 6.07) is 1.07. The van der Waals surface area contributed by atoms with Crippen LogP contribution in [0, 0.1) is 11.6 Å². The number of rotatable bonds is 4. The highest BCUT2D eigenvalue weighted by Crippen LogP contribution is 2.36. The van der Waals surface area contributed by atoms with Crippen molar-refractivity contribution in [3.05, 3.63) is 34.4 Å². The third-order valence-electron chi connectivity index (χ3n) is 3.71. The van der Waals surface area contributed by atoms with Crippen molar-refractivity contribution >= 4 is 36.4 Å². The summed E-state index contributed by atoms with van der Waals surface area (Å²) in [6.45, 7) is 1.97. The molecular weight excluding hydrogens is 398 g/mol. The van der Waals surface area contributed by atoms with Crippen LogP contribution < -0.4 is 5.32 Å². The Morgan fingerprint density at radius 1 is 1.12 bits per heavy atom. The Hall–Kier alpha value is -0.340. The Bertz CT molecular complexity index is 522. The van der Waals surface area contributed by atoms with Crippen LogP contribution in [0.15, 0.2) is 12.1 Å². The molecule has 0 amide bonds. The summed E-state index contributed by atoms with van der Waals surface area (Å²) in [5, 5.41) is 2.77. The van der Waals surface area contributed by atoms with Crippen LogP contribution in [-0.2, 0) is 0 Å². The van der Waals surface area contributed by atoms with E-state index >= 15 is 0 Å². The lowest BCUT2D eigenvalue weighted by atomic mass is 9.98. The van der Waals surface area contributed by atoms with Gasteiger partial charge in [-0.2, -0.15) is 13.2 Å². The molecule has 0 saturated carbocycles. The van der Waals surface area contributed by atoms with E-state index in [2.05, 4.69) is 5.32 Å². The van der Waals surface area contributed by atoms with Crippen molar-refractivity contribution < 1.29 is 22.0 Å². The quantitative estimate of drug-likeness (QED) is 0.564. The van der Waals surface area contributed by atoms with Gasteiger partial charge in [0.2, 0.25) is 0 Å². The molecule has 1 N–H and O–H groups in total. The number of halogens is 8. The van der Waals surface area contributed by atoms with E-state index in [4.69, 9.17) is 11.6 Å². The van der Waals surface area contributed by atoms with Crippen molar-refractivity contribution in [1.29, 1.82) is 0 Å². The lowest BCUT2D eigenvalue weighted by Crippen LogP contribution is -2.45. The van der Waals surface area contributed by atoms with Crippen molar-refractivity contribution in [3.8, 4) is 0 Å². The predicted molar refractivity (Wildman–Crippen MR) is 88.3 cm³/mol. The highest BCUT2D eigenvalue weighted by Gasteiger charge is 2.34. The molecule has 1 aromatic carbocycles. The van der Waals surface area contributed by atoms with Gasteiger partial charge in [-0.3, -0.25) is 4.90 Å². The van der Waals surface area contributed by atoms with E-state index < -0.39 is 36.7 Å². The summed E-state index contributed by atoms with van der Waals surface area (Å²) in [6.07, 6.45) is -5.89. The van der Waals surface area contributed by atoms with Gasteiger partial charge in [0, 0.05) is 44.2 Å². The molecule has 0 radical (unpaired) electrons. The molecule has 0 unspecified atom stereocenters. The van der Waals surface area contributed by atoms with E-state index in [1.54, 1.807) is 4.90 Å². The highest BCUT2D eigenvalue weighted by molar-refractivity contribution is 6.30. The summed E-state index contributed by atoms with van der Waals surface area (Å²) < 4.78 is 65.8. The topological polar surface area (TPSA) is 15.3 Å². The fraction of sp³-hybridized carbons (Fsp3) is 0.571. The minimum Gasteiger partial charge on any atom is -0.314 e. The van der Waals surface area contributed by atoms with E-state index in [-0.39, 0.29) is 35.4 Å². The first-order chi connectivity index (χ1) is 10.3. The third kappa shape index (κ3) is 6.19. The van der Waals surface area contributed by atoms with Gasteiger partial charge in [-0.25, -0.2) is 8.78 Å². The molecule has 0 spiro atoms. The third-order valence-corrected chi connectivity index (χ3v) is 4.00. The molecule has 1 fully saturated rings. The van der Waals surface area contributed by atoms with Gasteiger partial charge in [-0.1, -0.05) is 11.6 Å². The van der Waals surface area contributed by atoms with E-state index in [9.17, 15) is 22.0 Å². The minimum atomic E-state index is -4.38. The maximum absolute atomic E-state index is 14.2. The molecule has 24 heavy (non-hydrogen) atoms. The first-order valence-electron chi connectivity index (χ1n) is 6.94. The summed E-state index contributed by atoms with van der Waals surface area (Å²) in [5.74, 6) is -1.85. The van der Waals surface area contributed by atoms with Crippen LogP contribution in [0.1, 0.15) is 24.4 Å². The lowest BCUT2D eigenvalue weighted by molar-refractivity contribution is -0.138. The molecule has 1 saturated heterocycles. The van der Waals surface area contributed by atoms with Gasteiger partial charge in [0.15, 0.2) is 0 Å². The number of nitrogens with zero attached hydrogens (tertiary/aromatic N) is 1. The van der Waals surface area contributed by atoms with Gasteiger partial charge in [0.25, 0.3) is 0 Å². The molecule has 1 aromatic rings. The summed E-state index contributed by atoms with van der Waals surface area (Å²) >= 11 is 5.66. The Balaban J connectivity index is 0.00000264. The Morgan fingerprint density at radius 3 is 2.25 bits per heavy atom. The number of benzene rings is 1. The smallest absolute Gasteiger partial charge is 0.314 e. The summed E-state index contributed by atoms with van der Waals surface area (Å²) in [7, 11) is 0. The Kier molecular flexibility index (Phi) is 9.83. The highest BCUT2D eigenvalue weighted by atomic mass is 35.5. The zero-order valence-electron chi connectivity index (χ0n) is 12.5. The SMILES string of the molecule is Cl.Cl.Fc1ccc(Cl)c(F)c1[C@@H](CCC(F)(F)F)N1CCNCC1. The number of alkyl halides is 3. The number of piperazine rings is 1. The standard InChI is InChI=1S/C14H16ClF5N2.2ClH/c15-9-1-2-10(16)12(13(9)17)11(3-4-14(18,19)20)22-7-5-21-6-8-22;;/h1-2,11,21H,3-8H2;2*1H/t11-;;/m1../s1. The van der Waals surface area contributed by atoms with Gasteiger partial charge in [-0.15, -0.1) is 24.8 Å². The van der Waals surface area contributed by atoms with Crippen LogP contribution >= 0.6 is 36.4 Å². The van der Waals surface area contributed by atoms with E-state index in [1.165, 1.54) is 0 Å². The molecule has 0 aromatic heterocycles. The van der Waals surface area contributed by atoms with E-state index in [0.29, 0.717) is 26.2 Å². The number of hydrogen-bond donors (Lipinski definition) is 1. The molecule has 1 atom stereocenters. The number of hydrogen-bond acceptors (Lipinski definition) is 2. The van der Waals surface area contributed by atoms with Crippen LogP contribution in [0.25, 0.3) is 0 Å². The molecule has 2 rings (SSSR count). The Labute approximate surface area is 154 Å². The normalized spacial score (nSPS) is 16.9. The molecule has 1 aliphatic heterocycles. The lowest BCUT2D eigenvalue weighted by Gasteiger charge is -2.35. The first-order valence-corrected chi connectivity index (χ1v) is 7.32. The van der Waals surface area contributed by atoms with Gasteiger partial charge in [-0.05, 0) is 18.6 Å². The molecule has 2 nitrogen and oxygen atoms in total. The van der Waals surface area contributed by atoms with Crippen LogP contribution in [0.4, 0.5) is 22.0 Å². The van der Waals surface area contributed by atoms with Crippen molar-refractivity contribution in [1.82, 2.24) is 10.2 Å². The first kappa shape index (κ1) is 23.7. The fourth-order valence-electron chi connectivity index (χ4n) is 2.65. The van der Waals surface area contributed by atoms with E-state index in [0.717, 1.165) is 12.1 Å². The Morgan fingerprint density at radius 2 is 1.71 bits per heavy atom. The summed E-state index contributed by atoms with van der Waals surface area (Å²) in [5.41, 5.74) is -0.376. The van der Waals surface area contributed by atoms with Gasteiger partial charge in [0.05, 0.1) is 5.02 Å². The van der Waals surface area contributed by atoms with Gasteiger partial charge in [0.1, 0.15) is 11.6 Å². The molecule has 1 heterocycles. The predicted octanol–water partition coefficient (Wildman–Crippen LogP) is 4.75. The maximum Gasteiger partial charge on any atom is 0.389 e. The van der Waals surface area contributed by atoms with Crippen LogP contribution in [-0.4, -0.2) is 37.3 Å². The second-order valence-electron chi connectivity index (χ2n) is 5.21.